The van der Waals surface area contributed by atoms with Crippen LogP contribution >= 0.6 is 0 Å². The molecule has 0 nitrogen and oxygen atoms in total. The van der Waals surface area contributed by atoms with Crippen LogP contribution in [0.5, 0.6) is 0 Å². The molecule has 194 valence electrons. The van der Waals surface area contributed by atoms with E-state index in [0.29, 0.717) is 11.8 Å². The molecule has 2 unspecified atom stereocenters. The number of aryl methyl sites for hydroxylation is 1. The van der Waals surface area contributed by atoms with Crippen LogP contribution in [0.4, 0.5) is 0 Å². The van der Waals surface area contributed by atoms with Gasteiger partial charge in [0.2, 0.25) is 0 Å². The zero-order valence-corrected chi connectivity index (χ0v) is 23.8. The van der Waals surface area contributed by atoms with Crippen LogP contribution in [-0.2, 0) is 0 Å². The first-order valence-electron chi connectivity index (χ1n) is 14.7. The molecule has 0 bridgehead atoms. The molecule has 0 aromatic heterocycles. The molecular weight excluding hydrogens is 480 g/mol. The van der Waals surface area contributed by atoms with Crippen LogP contribution in [0, 0.1) is 25.7 Å². The van der Waals surface area contributed by atoms with Gasteiger partial charge in [0.15, 0.2) is 0 Å². The summed E-state index contributed by atoms with van der Waals surface area (Å²) in [6.45, 7) is 9.29. The summed E-state index contributed by atoms with van der Waals surface area (Å²) < 4.78 is 0. The first-order valence-corrected chi connectivity index (χ1v) is 14.7. The van der Waals surface area contributed by atoms with Gasteiger partial charge >= 0.3 is 0 Å². The van der Waals surface area contributed by atoms with Gasteiger partial charge in [0.1, 0.15) is 0 Å². The molecule has 0 heterocycles. The smallest absolute Gasteiger partial charge is 0.00572 e. The number of hydrogen-bond donors (Lipinski definition) is 0. The van der Waals surface area contributed by atoms with Gasteiger partial charge < -0.3 is 0 Å². The molecule has 4 aromatic rings. The topological polar surface area (TPSA) is 0 Å². The molecule has 40 heavy (non-hydrogen) atoms. The molecule has 0 aliphatic heterocycles. The van der Waals surface area contributed by atoms with Crippen LogP contribution in [0.25, 0.3) is 39.1 Å². The van der Waals surface area contributed by atoms with Gasteiger partial charge in [-0.15, -0.1) is 0 Å². The first-order chi connectivity index (χ1) is 19.5. The maximum absolute atomic E-state index is 2.52. The lowest BCUT2D eigenvalue weighted by Crippen LogP contribution is -2.01. The summed E-state index contributed by atoms with van der Waals surface area (Å²) in [5.74, 6) is 1.30. The van der Waals surface area contributed by atoms with E-state index in [1.165, 1.54) is 84.0 Å². The minimum Gasteiger partial charge on any atom is -0.0795 e. The van der Waals surface area contributed by atoms with Crippen LogP contribution < -0.4 is 0 Å². The summed E-state index contributed by atoms with van der Waals surface area (Å²) in [6.07, 6.45) is 12.0. The summed E-state index contributed by atoms with van der Waals surface area (Å²) in [6, 6.07) is 27.0. The Kier molecular flexibility index (Phi) is 5.14. The van der Waals surface area contributed by atoms with Crippen molar-refractivity contribution < 1.29 is 0 Å². The van der Waals surface area contributed by atoms with E-state index >= 15 is 0 Å². The molecule has 1 saturated carbocycles. The second-order valence-electron chi connectivity index (χ2n) is 12.2. The maximum atomic E-state index is 2.52. The zero-order chi connectivity index (χ0) is 27.1. The fourth-order valence-electron chi connectivity index (χ4n) is 7.97. The summed E-state index contributed by atoms with van der Waals surface area (Å²) in [5.41, 5.74) is 20.1. The van der Waals surface area contributed by atoms with E-state index in [2.05, 4.69) is 125 Å². The van der Waals surface area contributed by atoms with Crippen molar-refractivity contribution in [1.29, 1.82) is 0 Å². The lowest BCUT2D eigenvalue weighted by molar-refractivity contribution is 0.904. The minimum atomic E-state index is 0.618. The predicted octanol–water partition coefficient (Wildman–Crippen LogP) is 10.7. The van der Waals surface area contributed by atoms with Crippen molar-refractivity contribution in [3.05, 3.63) is 147 Å². The average molecular weight is 515 g/mol. The van der Waals surface area contributed by atoms with E-state index in [9.17, 15) is 0 Å². The molecule has 2 atom stereocenters. The summed E-state index contributed by atoms with van der Waals surface area (Å²) >= 11 is 0. The van der Waals surface area contributed by atoms with Crippen molar-refractivity contribution in [3.8, 4) is 11.1 Å². The Morgan fingerprint density at radius 1 is 0.700 bits per heavy atom. The first kappa shape index (κ1) is 23.7. The van der Waals surface area contributed by atoms with E-state index in [1.54, 1.807) is 11.1 Å². The highest BCUT2D eigenvalue weighted by Gasteiger charge is 2.44. The zero-order valence-electron chi connectivity index (χ0n) is 23.8. The maximum Gasteiger partial charge on any atom is -0.00572 e. The highest BCUT2D eigenvalue weighted by atomic mass is 14.5. The lowest BCUT2D eigenvalue weighted by Gasteiger charge is -2.20. The Hall–Kier alpha value is -4.16. The molecule has 0 heteroatoms. The minimum absolute atomic E-state index is 0.618. The Balaban J connectivity index is 1.49. The quantitative estimate of drug-likeness (QED) is 0.237. The van der Waals surface area contributed by atoms with Gasteiger partial charge in [-0.1, -0.05) is 108 Å². The predicted molar refractivity (Wildman–Crippen MR) is 171 cm³/mol. The van der Waals surface area contributed by atoms with E-state index in [4.69, 9.17) is 0 Å². The summed E-state index contributed by atoms with van der Waals surface area (Å²) in [7, 11) is 0. The molecule has 4 aliphatic rings. The fourth-order valence-corrected chi connectivity index (χ4v) is 7.97. The van der Waals surface area contributed by atoms with Gasteiger partial charge in [-0.05, 0) is 130 Å². The molecule has 0 spiro atoms. The largest absolute Gasteiger partial charge is 0.0795 e. The van der Waals surface area contributed by atoms with Crippen LogP contribution in [0.1, 0.15) is 60.1 Å². The van der Waals surface area contributed by atoms with Gasteiger partial charge in [0.05, 0.1) is 0 Å². The van der Waals surface area contributed by atoms with Crippen LogP contribution in [0.3, 0.4) is 0 Å². The monoisotopic (exact) mass is 514 g/mol. The van der Waals surface area contributed by atoms with Crippen LogP contribution in [0.15, 0.2) is 113 Å². The number of allylic oxidation sites excluding steroid dienone is 8. The number of hydrogen-bond acceptors (Lipinski definition) is 0. The average Bonchev–Trinajstić information content (AvgIpc) is 3.73. The molecule has 0 saturated heterocycles. The Morgan fingerprint density at radius 2 is 1.50 bits per heavy atom. The normalized spacial score (nSPS) is 22.6. The third-order valence-electron chi connectivity index (χ3n) is 9.71. The third-order valence-corrected chi connectivity index (χ3v) is 9.71. The van der Waals surface area contributed by atoms with Crippen molar-refractivity contribution in [1.82, 2.24) is 0 Å². The molecule has 4 aromatic carbocycles. The second kappa shape index (κ2) is 8.67. The lowest BCUT2D eigenvalue weighted by atomic mass is 9.84. The molecule has 0 radical (unpaired) electrons. The van der Waals surface area contributed by atoms with Crippen molar-refractivity contribution in [3.63, 3.8) is 0 Å². The summed E-state index contributed by atoms with van der Waals surface area (Å²) in [5, 5.41) is 2.65. The molecule has 4 aliphatic carbocycles. The highest BCUT2D eigenvalue weighted by molar-refractivity contribution is 6.12. The van der Waals surface area contributed by atoms with Crippen molar-refractivity contribution in [2.75, 3.05) is 0 Å². The molecular formula is C40H34. The van der Waals surface area contributed by atoms with Gasteiger partial charge in [0, 0.05) is 0 Å². The van der Waals surface area contributed by atoms with Crippen molar-refractivity contribution >= 4 is 28.0 Å². The Labute approximate surface area is 237 Å². The van der Waals surface area contributed by atoms with E-state index in [1.807, 2.05) is 0 Å². The van der Waals surface area contributed by atoms with E-state index in [-0.39, 0.29) is 0 Å². The molecule has 0 amide bonds. The second-order valence-corrected chi connectivity index (χ2v) is 12.2. The number of fused-ring (bicyclic) bond motifs is 7. The summed E-state index contributed by atoms with van der Waals surface area (Å²) in [4.78, 5) is 0. The van der Waals surface area contributed by atoms with Crippen molar-refractivity contribution in [2.45, 2.75) is 40.5 Å². The van der Waals surface area contributed by atoms with Crippen molar-refractivity contribution in [2.24, 2.45) is 11.8 Å². The molecule has 0 N–H and O–H groups in total. The number of benzene rings is 4. The standard InChI is InChI=1S/C40H34/c1-23-19-24(2)33-22-34(33)35(20-23)40-32-16-10-15-30-29-14-9-8-11-27(29)17-18-31(30)39(32)36-21-25(3)37(26(4)38(36)40)28-12-6-5-7-13-28/h5-15,17-21,33-34H,16,22H2,1-4H3. The molecule has 1 fully saturated rings. The molecule has 8 rings (SSSR count). The Morgan fingerprint density at radius 3 is 2.35 bits per heavy atom. The van der Waals surface area contributed by atoms with Crippen LogP contribution in [0.2, 0.25) is 0 Å². The van der Waals surface area contributed by atoms with Crippen LogP contribution in [-0.4, -0.2) is 0 Å². The van der Waals surface area contributed by atoms with Gasteiger partial charge in [-0.25, -0.2) is 0 Å². The van der Waals surface area contributed by atoms with E-state index in [0.717, 1.165) is 6.42 Å². The van der Waals surface area contributed by atoms with E-state index < -0.39 is 0 Å². The SMILES string of the molecule is CC1=CC(=C2C3=C(c4cc(C)c(-c5ccccc5)c(C)c42)c2ccc4ccccc4c2C=CC3)C2CC2C(C)=C1. The fraction of sp³-hybridized carbons (Fsp3) is 0.200. The number of rotatable bonds is 1. The van der Waals surface area contributed by atoms with Gasteiger partial charge in [-0.3, -0.25) is 0 Å². The Bertz CT molecular complexity index is 1920. The van der Waals surface area contributed by atoms with Gasteiger partial charge in [0.25, 0.3) is 0 Å². The van der Waals surface area contributed by atoms with Gasteiger partial charge in [-0.2, -0.15) is 0 Å². The third kappa shape index (κ3) is 3.38. The highest BCUT2D eigenvalue weighted by Crippen LogP contribution is 2.59.